The Morgan fingerprint density at radius 1 is 1.38 bits per heavy atom. The number of carbonyl (C=O) groups is 2. The molecule has 1 saturated heterocycles. The number of nitrogens with zero attached hydrogens (tertiary/aromatic N) is 1. The highest BCUT2D eigenvalue weighted by molar-refractivity contribution is 5.86. The van der Waals surface area contributed by atoms with Gasteiger partial charge in [-0.1, -0.05) is 12.7 Å². The molecule has 1 aliphatic heterocycles. The lowest BCUT2D eigenvalue weighted by Gasteiger charge is -2.29. The van der Waals surface area contributed by atoms with Gasteiger partial charge < -0.3 is 15.0 Å². The van der Waals surface area contributed by atoms with E-state index in [0.29, 0.717) is 19.6 Å². The summed E-state index contributed by atoms with van der Waals surface area (Å²) < 4.78 is 5.40. The maximum Gasteiger partial charge on any atom is 0.410 e. The molecule has 1 N–H and O–H groups in total. The molecule has 0 aromatic carbocycles. The maximum absolute atomic E-state index is 12.1. The summed E-state index contributed by atoms with van der Waals surface area (Å²) in [6, 6.07) is 0. The van der Waals surface area contributed by atoms with E-state index in [1.165, 1.54) is 6.08 Å². The third-order valence-electron chi connectivity index (χ3n) is 3.49. The molecule has 1 atom stereocenters. The molecule has 118 valence electrons. The zero-order valence-electron chi connectivity index (χ0n) is 13.3. The van der Waals surface area contributed by atoms with Crippen molar-refractivity contribution in [1.29, 1.82) is 0 Å². The van der Waals surface area contributed by atoms with Crippen molar-refractivity contribution in [2.75, 3.05) is 19.6 Å². The zero-order valence-corrected chi connectivity index (χ0v) is 13.3. The smallest absolute Gasteiger partial charge is 0.410 e. The van der Waals surface area contributed by atoms with Gasteiger partial charge in [-0.25, -0.2) is 4.79 Å². The monoisotopic (exact) mass is 294 g/mol. The van der Waals surface area contributed by atoms with Gasteiger partial charge >= 0.3 is 6.09 Å². The quantitative estimate of drug-likeness (QED) is 0.626. The van der Waals surface area contributed by atoms with Gasteiger partial charge in [0.1, 0.15) is 5.60 Å². The molecule has 1 fully saturated rings. The van der Waals surface area contributed by atoms with Crippen molar-refractivity contribution in [2.45, 2.75) is 39.2 Å². The van der Waals surface area contributed by atoms with E-state index >= 15 is 0 Å². The van der Waals surface area contributed by atoms with Crippen LogP contribution in [0.4, 0.5) is 4.79 Å². The highest BCUT2D eigenvalue weighted by atomic mass is 16.6. The average Bonchev–Trinajstić information content (AvgIpc) is 2.79. The summed E-state index contributed by atoms with van der Waals surface area (Å²) in [6.07, 6.45) is 4.34. The fraction of sp³-hybridized carbons (Fsp3) is 0.625. The SMILES string of the molecule is C=CCC1(CNC(=O)C=C)CCN(C(=O)OC(C)(C)C)C1. The molecule has 2 amide bonds. The van der Waals surface area contributed by atoms with Crippen molar-refractivity contribution in [1.82, 2.24) is 10.2 Å². The first-order valence-electron chi connectivity index (χ1n) is 7.20. The summed E-state index contributed by atoms with van der Waals surface area (Å²) in [7, 11) is 0. The van der Waals surface area contributed by atoms with Crippen molar-refractivity contribution in [2.24, 2.45) is 5.41 Å². The lowest BCUT2D eigenvalue weighted by molar-refractivity contribution is -0.116. The molecule has 0 spiro atoms. The second-order valence-electron chi connectivity index (χ2n) is 6.57. The van der Waals surface area contributed by atoms with E-state index in [-0.39, 0.29) is 17.4 Å². The fourth-order valence-corrected chi connectivity index (χ4v) is 2.45. The van der Waals surface area contributed by atoms with Gasteiger partial charge in [0.25, 0.3) is 0 Å². The van der Waals surface area contributed by atoms with Gasteiger partial charge in [0.05, 0.1) is 0 Å². The highest BCUT2D eigenvalue weighted by Gasteiger charge is 2.40. The van der Waals surface area contributed by atoms with Crippen LogP contribution in [0.3, 0.4) is 0 Å². The van der Waals surface area contributed by atoms with E-state index < -0.39 is 5.60 Å². The predicted molar refractivity (Wildman–Crippen MR) is 82.9 cm³/mol. The number of amides is 2. The Morgan fingerprint density at radius 2 is 2.05 bits per heavy atom. The van der Waals surface area contributed by atoms with Crippen LogP contribution in [0, 0.1) is 5.41 Å². The Morgan fingerprint density at radius 3 is 2.57 bits per heavy atom. The van der Waals surface area contributed by atoms with Crippen molar-refractivity contribution in [3.8, 4) is 0 Å². The summed E-state index contributed by atoms with van der Waals surface area (Å²) in [4.78, 5) is 25.2. The molecule has 0 aliphatic carbocycles. The Hall–Kier alpha value is -1.78. The summed E-state index contributed by atoms with van der Waals surface area (Å²) in [5.74, 6) is -0.200. The molecule has 0 saturated carbocycles. The van der Waals surface area contributed by atoms with E-state index in [9.17, 15) is 9.59 Å². The predicted octanol–water partition coefficient (Wildman–Crippen LogP) is 2.49. The Kier molecular flexibility index (Phi) is 5.58. The van der Waals surface area contributed by atoms with Crippen molar-refractivity contribution >= 4 is 12.0 Å². The average molecular weight is 294 g/mol. The highest BCUT2D eigenvalue weighted by Crippen LogP contribution is 2.34. The van der Waals surface area contributed by atoms with Crippen LogP contribution in [0.15, 0.2) is 25.3 Å². The van der Waals surface area contributed by atoms with Crippen LogP contribution >= 0.6 is 0 Å². The van der Waals surface area contributed by atoms with Crippen LogP contribution in [-0.4, -0.2) is 42.1 Å². The molecule has 0 aromatic rings. The molecule has 1 unspecified atom stereocenters. The molecule has 21 heavy (non-hydrogen) atoms. The first kappa shape index (κ1) is 17.3. The largest absolute Gasteiger partial charge is 0.444 e. The first-order chi connectivity index (χ1) is 9.71. The summed E-state index contributed by atoms with van der Waals surface area (Å²) in [5.41, 5.74) is -0.671. The molecular formula is C16H26N2O3. The topological polar surface area (TPSA) is 58.6 Å². The van der Waals surface area contributed by atoms with Crippen molar-refractivity contribution in [3.63, 3.8) is 0 Å². The summed E-state index contributed by atoms with van der Waals surface area (Å²) >= 11 is 0. The molecule has 1 aliphatic rings. The van der Waals surface area contributed by atoms with Gasteiger partial charge in [0.2, 0.25) is 5.91 Å². The number of allylic oxidation sites excluding steroid dienone is 1. The number of likely N-dealkylation sites (tertiary alicyclic amines) is 1. The third kappa shape index (κ3) is 5.25. The molecule has 5 nitrogen and oxygen atoms in total. The molecule has 1 heterocycles. The van der Waals surface area contributed by atoms with Crippen LogP contribution in [0.2, 0.25) is 0 Å². The lowest BCUT2D eigenvalue weighted by Crippen LogP contribution is -2.41. The third-order valence-corrected chi connectivity index (χ3v) is 3.49. The number of carbonyl (C=O) groups excluding carboxylic acids is 2. The zero-order chi connectivity index (χ0) is 16.1. The van der Waals surface area contributed by atoms with Crippen LogP contribution in [-0.2, 0) is 9.53 Å². The van der Waals surface area contributed by atoms with E-state index in [4.69, 9.17) is 4.74 Å². The van der Waals surface area contributed by atoms with Crippen molar-refractivity contribution < 1.29 is 14.3 Å². The standard InChI is InChI=1S/C16H26N2O3/c1-6-8-16(11-17-13(19)7-2)9-10-18(12-16)14(20)21-15(3,4)5/h6-7H,1-2,8-12H2,3-5H3,(H,17,19). The maximum atomic E-state index is 12.1. The first-order valence-corrected chi connectivity index (χ1v) is 7.20. The molecule has 5 heteroatoms. The van der Waals surface area contributed by atoms with E-state index in [2.05, 4.69) is 18.5 Å². The minimum atomic E-state index is -0.502. The summed E-state index contributed by atoms with van der Waals surface area (Å²) in [6.45, 7) is 14.5. The Bertz CT molecular complexity index is 426. The molecule has 0 bridgehead atoms. The van der Waals surface area contributed by atoms with Gasteiger partial charge in [-0.2, -0.15) is 0 Å². The minimum Gasteiger partial charge on any atom is -0.444 e. The molecule has 0 radical (unpaired) electrons. The number of hydrogen-bond donors (Lipinski definition) is 1. The van der Waals surface area contributed by atoms with E-state index in [1.54, 1.807) is 4.90 Å². The normalized spacial score (nSPS) is 21.8. The number of ether oxygens (including phenoxy) is 1. The Labute approximate surface area is 127 Å². The van der Waals surface area contributed by atoms with Gasteiger partial charge in [0, 0.05) is 25.0 Å². The number of nitrogens with one attached hydrogen (secondary N) is 1. The second-order valence-corrected chi connectivity index (χ2v) is 6.57. The lowest BCUT2D eigenvalue weighted by atomic mass is 9.83. The molecule has 1 rings (SSSR count). The van der Waals surface area contributed by atoms with Crippen molar-refractivity contribution in [3.05, 3.63) is 25.3 Å². The molecule has 0 aromatic heterocycles. The van der Waals surface area contributed by atoms with E-state index in [0.717, 1.165) is 12.8 Å². The van der Waals surface area contributed by atoms with Gasteiger partial charge in [-0.15, -0.1) is 6.58 Å². The minimum absolute atomic E-state index is 0.169. The van der Waals surface area contributed by atoms with Crippen LogP contribution < -0.4 is 5.32 Å². The number of rotatable bonds is 5. The Balaban J connectivity index is 2.68. The summed E-state index contributed by atoms with van der Waals surface area (Å²) in [5, 5.41) is 2.82. The number of hydrogen-bond acceptors (Lipinski definition) is 3. The van der Waals surface area contributed by atoms with Gasteiger partial charge in [0.15, 0.2) is 0 Å². The van der Waals surface area contributed by atoms with E-state index in [1.807, 2.05) is 26.8 Å². The van der Waals surface area contributed by atoms with Gasteiger partial charge in [-0.05, 0) is 39.7 Å². The van der Waals surface area contributed by atoms with Crippen LogP contribution in [0.25, 0.3) is 0 Å². The van der Waals surface area contributed by atoms with Crippen LogP contribution in [0.5, 0.6) is 0 Å². The van der Waals surface area contributed by atoms with Crippen LogP contribution in [0.1, 0.15) is 33.6 Å². The molecular weight excluding hydrogens is 268 g/mol. The van der Waals surface area contributed by atoms with Gasteiger partial charge in [-0.3, -0.25) is 4.79 Å². The fourth-order valence-electron chi connectivity index (χ4n) is 2.45. The second kappa shape index (κ2) is 6.78.